The lowest BCUT2D eigenvalue weighted by Crippen LogP contribution is -2.51. The maximum Gasteiger partial charge on any atom is 0.264 e. The van der Waals surface area contributed by atoms with E-state index in [-0.39, 0.29) is 27.2 Å². The predicted molar refractivity (Wildman–Crippen MR) is 153 cm³/mol. The molecule has 0 saturated carbocycles. The van der Waals surface area contributed by atoms with Crippen molar-refractivity contribution in [2.45, 2.75) is 31.3 Å². The van der Waals surface area contributed by atoms with Crippen LogP contribution in [0.3, 0.4) is 0 Å². The molecule has 0 radical (unpaired) electrons. The lowest BCUT2D eigenvalue weighted by Gasteiger charge is -2.32. The Morgan fingerprint density at radius 1 is 0.895 bits per heavy atom. The van der Waals surface area contributed by atoms with Crippen LogP contribution in [-0.2, 0) is 26.2 Å². The maximum absolute atomic E-state index is 13.8. The van der Waals surface area contributed by atoms with Crippen molar-refractivity contribution in [2.24, 2.45) is 0 Å². The molecule has 1 atom stereocenters. The summed E-state index contributed by atoms with van der Waals surface area (Å²) < 4.78 is 28.4. The summed E-state index contributed by atoms with van der Waals surface area (Å²) in [5, 5.41) is 3.97. The topological polar surface area (TPSA) is 86.8 Å². The van der Waals surface area contributed by atoms with Gasteiger partial charge in [-0.2, -0.15) is 0 Å². The molecule has 1 N–H and O–H groups in total. The van der Waals surface area contributed by atoms with Gasteiger partial charge >= 0.3 is 0 Å². The van der Waals surface area contributed by atoms with Gasteiger partial charge in [-0.3, -0.25) is 13.9 Å². The molecular formula is C26H25Cl4N3O4S. The Balaban J connectivity index is 2.04. The highest BCUT2D eigenvalue weighted by atomic mass is 35.5. The number of nitrogens with zero attached hydrogens (tertiary/aromatic N) is 2. The number of nitrogens with one attached hydrogen (secondary N) is 1. The molecule has 202 valence electrons. The third-order valence-electron chi connectivity index (χ3n) is 5.63. The molecule has 12 heteroatoms. The zero-order chi connectivity index (χ0) is 28.0. The molecule has 3 rings (SSSR count). The molecule has 0 heterocycles. The van der Waals surface area contributed by atoms with E-state index in [2.05, 4.69) is 5.32 Å². The molecule has 0 aliphatic carbocycles. The van der Waals surface area contributed by atoms with Crippen LogP contribution in [0.15, 0.2) is 71.6 Å². The van der Waals surface area contributed by atoms with E-state index < -0.39 is 34.4 Å². The summed E-state index contributed by atoms with van der Waals surface area (Å²) in [6, 6.07) is 15.7. The first-order valence-corrected chi connectivity index (χ1v) is 14.4. The van der Waals surface area contributed by atoms with Crippen molar-refractivity contribution in [3.8, 4) is 0 Å². The highest BCUT2D eigenvalue weighted by Crippen LogP contribution is 2.28. The Morgan fingerprint density at radius 2 is 1.58 bits per heavy atom. The highest BCUT2D eigenvalue weighted by Gasteiger charge is 2.32. The summed E-state index contributed by atoms with van der Waals surface area (Å²) in [6.45, 7) is 3.07. The molecule has 2 amide bonds. The Kier molecular flexibility index (Phi) is 10.3. The fraction of sp³-hybridized carbons (Fsp3) is 0.231. The van der Waals surface area contributed by atoms with Crippen molar-refractivity contribution in [3.63, 3.8) is 0 Å². The van der Waals surface area contributed by atoms with E-state index in [0.717, 1.165) is 4.31 Å². The smallest absolute Gasteiger partial charge is 0.264 e. The summed E-state index contributed by atoms with van der Waals surface area (Å²) in [7, 11) is -4.23. The number of carbonyl (C=O) groups excluding carboxylic acids is 2. The van der Waals surface area contributed by atoms with Gasteiger partial charge in [0.2, 0.25) is 11.8 Å². The monoisotopic (exact) mass is 615 g/mol. The van der Waals surface area contributed by atoms with E-state index in [1.165, 1.54) is 41.3 Å². The van der Waals surface area contributed by atoms with Crippen LogP contribution in [-0.4, -0.2) is 44.3 Å². The van der Waals surface area contributed by atoms with Gasteiger partial charge in [0.05, 0.1) is 20.6 Å². The molecule has 0 fully saturated rings. The van der Waals surface area contributed by atoms with Crippen molar-refractivity contribution in [3.05, 3.63) is 92.4 Å². The quantitative estimate of drug-likeness (QED) is 0.300. The normalized spacial score (nSPS) is 12.1. The zero-order valence-corrected chi connectivity index (χ0v) is 24.3. The molecule has 38 heavy (non-hydrogen) atoms. The van der Waals surface area contributed by atoms with Crippen LogP contribution in [0, 0.1) is 0 Å². The van der Waals surface area contributed by atoms with E-state index in [1.54, 1.807) is 44.2 Å². The Labute approximate surface area is 242 Å². The number of likely N-dealkylation sites (N-methyl/N-ethyl adjacent to an activating group) is 1. The predicted octanol–water partition coefficient (Wildman–Crippen LogP) is 6.05. The van der Waals surface area contributed by atoms with Crippen molar-refractivity contribution in [1.82, 2.24) is 10.2 Å². The average Bonchev–Trinajstić information content (AvgIpc) is 2.87. The zero-order valence-electron chi connectivity index (χ0n) is 20.5. The Hall–Kier alpha value is -2.49. The molecule has 0 saturated heterocycles. The van der Waals surface area contributed by atoms with Crippen LogP contribution in [0.2, 0.25) is 20.1 Å². The second-order valence-corrected chi connectivity index (χ2v) is 11.8. The van der Waals surface area contributed by atoms with Gasteiger partial charge < -0.3 is 10.2 Å². The van der Waals surface area contributed by atoms with Gasteiger partial charge in [0.1, 0.15) is 12.6 Å². The lowest BCUT2D eigenvalue weighted by atomic mass is 10.1. The first-order valence-electron chi connectivity index (χ1n) is 11.5. The van der Waals surface area contributed by atoms with E-state index in [9.17, 15) is 18.0 Å². The minimum atomic E-state index is -4.23. The van der Waals surface area contributed by atoms with Crippen LogP contribution in [0.4, 0.5) is 5.69 Å². The van der Waals surface area contributed by atoms with Crippen LogP contribution in [0.5, 0.6) is 0 Å². The molecular weight excluding hydrogens is 592 g/mol. The highest BCUT2D eigenvalue weighted by molar-refractivity contribution is 7.92. The molecule has 7 nitrogen and oxygen atoms in total. The molecule has 0 aliphatic heterocycles. The molecule has 1 unspecified atom stereocenters. The van der Waals surface area contributed by atoms with Crippen molar-refractivity contribution in [1.29, 1.82) is 0 Å². The van der Waals surface area contributed by atoms with Crippen LogP contribution < -0.4 is 9.62 Å². The van der Waals surface area contributed by atoms with Crippen LogP contribution >= 0.6 is 46.4 Å². The molecule has 0 aromatic heterocycles. The fourth-order valence-electron chi connectivity index (χ4n) is 3.63. The van der Waals surface area contributed by atoms with Gasteiger partial charge in [0, 0.05) is 23.1 Å². The first kappa shape index (κ1) is 30.1. The molecule has 0 aliphatic rings. The van der Waals surface area contributed by atoms with E-state index in [4.69, 9.17) is 46.4 Å². The minimum absolute atomic E-state index is 0.0155. The number of sulfonamides is 1. The summed E-state index contributed by atoms with van der Waals surface area (Å²) >= 11 is 24.3. The van der Waals surface area contributed by atoms with Crippen molar-refractivity contribution < 1.29 is 18.0 Å². The standard InChI is InChI=1S/C26H25Cl4N3O4S/c1-3-31-26(35)17(2)32(15-18-7-12-23(29)24(30)13-18)25(34)16-33(21-6-4-5-20(28)14-21)38(36,37)22-10-8-19(27)9-11-22/h4-14,17H,3,15-16H2,1-2H3,(H,31,35). The van der Waals surface area contributed by atoms with E-state index in [0.29, 0.717) is 22.2 Å². The number of carbonyl (C=O) groups is 2. The SMILES string of the molecule is CCNC(=O)C(C)N(Cc1ccc(Cl)c(Cl)c1)C(=O)CN(c1cccc(Cl)c1)S(=O)(=O)c1ccc(Cl)cc1. The summed E-state index contributed by atoms with van der Waals surface area (Å²) in [6.07, 6.45) is 0. The minimum Gasteiger partial charge on any atom is -0.355 e. The van der Waals surface area contributed by atoms with Gasteiger partial charge in [-0.1, -0.05) is 58.5 Å². The summed E-state index contributed by atoms with van der Waals surface area (Å²) in [5.74, 6) is -1.01. The van der Waals surface area contributed by atoms with Gasteiger partial charge in [0.25, 0.3) is 10.0 Å². The maximum atomic E-state index is 13.8. The molecule has 3 aromatic rings. The fourth-order valence-corrected chi connectivity index (χ4v) is 5.67. The number of hydrogen-bond donors (Lipinski definition) is 1. The lowest BCUT2D eigenvalue weighted by molar-refractivity contribution is -0.139. The van der Waals surface area contributed by atoms with Crippen LogP contribution in [0.1, 0.15) is 19.4 Å². The van der Waals surface area contributed by atoms with Gasteiger partial charge in [-0.15, -0.1) is 0 Å². The van der Waals surface area contributed by atoms with Crippen molar-refractivity contribution >= 4 is 73.9 Å². The molecule has 3 aromatic carbocycles. The van der Waals surface area contributed by atoms with Crippen LogP contribution in [0.25, 0.3) is 0 Å². The van der Waals surface area contributed by atoms with Gasteiger partial charge in [-0.25, -0.2) is 8.42 Å². The number of amides is 2. The van der Waals surface area contributed by atoms with Gasteiger partial charge in [0.15, 0.2) is 0 Å². The Bertz CT molecular complexity index is 1420. The average molecular weight is 617 g/mol. The third-order valence-corrected chi connectivity index (χ3v) is 8.65. The summed E-state index contributed by atoms with van der Waals surface area (Å²) in [4.78, 5) is 27.7. The summed E-state index contributed by atoms with van der Waals surface area (Å²) in [5.41, 5.74) is 0.791. The number of hydrogen-bond acceptors (Lipinski definition) is 4. The number of benzene rings is 3. The third kappa shape index (κ3) is 7.33. The first-order chi connectivity index (χ1) is 17.9. The second kappa shape index (κ2) is 13.0. The number of rotatable bonds is 10. The van der Waals surface area contributed by atoms with E-state index in [1.807, 2.05) is 0 Å². The Morgan fingerprint density at radius 3 is 2.18 bits per heavy atom. The second-order valence-electron chi connectivity index (χ2n) is 8.29. The largest absolute Gasteiger partial charge is 0.355 e. The number of anilines is 1. The van der Waals surface area contributed by atoms with Gasteiger partial charge in [-0.05, 0) is 74.0 Å². The van der Waals surface area contributed by atoms with E-state index >= 15 is 0 Å². The van der Waals surface area contributed by atoms with Crippen molar-refractivity contribution in [2.75, 3.05) is 17.4 Å². The molecule has 0 spiro atoms. The molecule has 0 bridgehead atoms. The number of halogens is 4.